The van der Waals surface area contributed by atoms with Gasteiger partial charge in [0.2, 0.25) is 0 Å². The van der Waals surface area contributed by atoms with E-state index in [0.29, 0.717) is 63.9 Å². The molecule has 33 heavy (non-hydrogen) atoms. The van der Waals surface area contributed by atoms with Gasteiger partial charge in [-0.1, -0.05) is 17.7 Å². The van der Waals surface area contributed by atoms with Crippen molar-refractivity contribution in [1.29, 1.82) is 0 Å². The summed E-state index contributed by atoms with van der Waals surface area (Å²) < 4.78 is 5.31. The van der Waals surface area contributed by atoms with Crippen molar-refractivity contribution < 1.29 is 19.4 Å². The molecule has 0 saturated carbocycles. The summed E-state index contributed by atoms with van der Waals surface area (Å²) in [5.41, 5.74) is 0.832. The molecule has 2 saturated heterocycles. The van der Waals surface area contributed by atoms with E-state index in [1.54, 1.807) is 28.0 Å². The molecule has 1 amide bonds. The van der Waals surface area contributed by atoms with Crippen molar-refractivity contribution in [2.75, 3.05) is 62.3 Å². The predicted molar refractivity (Wildman–Crippen MR) is 122 cm³/mol. The van der Waals surface area contributed by atoms with E-state index in [1.165, 1.54) is 18.2 Å². The summed E-state index contributed by atoms with van der Waals surface area (Å²) in [6.45, 7) is 3.39. The number of morpholine rings is 1. The Morgan fingerprint density at radius 3 is 2.18 bits per heavy atom. The van der Waals surface area contributed by atoms with Gasteiger partial charge in [-0.25, -0.2) is 0 Å². The normalized spacial score (nSPS) is 16.6. The number of hydrogen-bond donors (Lipinski definition) is 0. The average molecular weight is 476 g/mol. The van der Waals surface area contributed by atoms with Crippen molar-refractivity contribution in [1.82, 2.24) is 4.90 Å². The Morgan fingerprint density at radius 2 is 1.55 bits per heavy atom. The van der Waals surface area contributed by atoms with Crippen molar-refractivity contribution >= 4 is 40.3 Å². The van der Waals surface area contributed by atoms with Crippen LogP contribution in [0.25, 0.3) is 0 Å². The Kier molecular flexibility index (Phi) is 6.61. The molecule has 4 rings (SSSR count). The largest absolute Gasteiger partial charge is 0.378 e. The maximum Gasteiger partial charge on any atom is 0.294 e. The van der Waals surface area contributed by atoms with Crippen LogP contribution in [0.3, 0.4) is 0 Å². The molecule has 0 N–H and O–H groups in total. The van der Waals surface area contributed by atoms with E-state index in [4.69, 9.17) is 16.3 Å². The smallest absolute Gasteiger partial charge is 0.294 e. The molecule has 0 atom stereocenters. The van der Waals surface area contributed by atoms with Gasteiger partial charge >= 0.3 is 0 Å². The summed E-state index contributed by atoms with van der Waals surface area (Å²) in [6, 6.07) is 9.05. The molecular weight excluding hydrogens is 454 g/mol. The third kappa shape index (κ3) is 4.69. The topological polar surface area (TPSA) is 122 Å². The van der Waals surface area contributed by atoms with Crippen LogP contribution in [-0.4, -0.2) is 73.1 Å². The number of amides is 1. The number of rotatable bonds is 5. The lowest BCUT2D eigenvalue weighted by Gasteiger charge is -2.36. The summed E-state index contributed by atoms with van der Waals surface area (Å²) in [4.78, 5) is 40.4. The molecule has 0 aliphatic carbocycles. The third-order valence-corrected chi connectivity index (χ3v) is 6.12. The molecule has 0 spiro atoms. The van der Waals surface area contributed by atoms with Gasteiger partial charge in [0, 0.05) is 57.0 Å². The van der Waals surface area contributed by atoms with Gasteiger partial charge in [0.1, 0.15) is 11.4 Å². The van der Waals surface area contributed by atoms with Gasteiger partial charge in [-0.05, 0) is 18.2 Å². The molecule has 11 nitrogen and oxygen atoms in total. The first kappa shape index (κ1) is 22.7. The Labute approximate surface area is 194 Å². The van der Waals surface area contributed by atoms with Gasteiger partial charge < -0.3 is 19.4 Å². The lowest BCUT2D eigenvalue weighted by Crippen LogP contribution is -2.49. The second-order valence-electron chi connectivity index (χ2n) is 7.70. The SMILES string of the molecule is O=C(c1ccc(N2CCOCC2)c([N+](=O)[O-])c1)N1CCN(c2c(Cl)cccc2[N+](=O)[O-])CC1. The zero-order chi connectivity index (χ0) is 23.5. The molecule has 12 heteroatoms. The number of carbonyl (C=O) groups is 1. The first-order chi connectivity index (χ1) is 15.9. The molecule has 174 valence electrons. The summed E-state index contributed by atoms with van der Waals surface area (Å²) in [7, 11) is 0. The first-order valence-electron chi connectivity index (χ1n) is 10.4. The fourth-order valence-corrected chi connectivity index (χ4v) is 4.44. The van der Waals surface area contributed by atoms with Crippen LogP contribution >= 0.6 is 11.6 Å². The molecule has 2 aliphatic rings. The van der Waals surface area contributed by atoms with Gasteiger partial charge in [0.25, 0.3) is 17.3 Å². The highest BCUT2D eigenvalue weighted by Gasteiger charge is 2.29. The Hall–Kier alpha value is -3.44. The van der Waals surface area contributed by atoms with Gasteiger partial charge in [-0.3, -0.25) is 25.0 Å². The van der Waals surface area contributed by atoms with Crippen molar-refractivity contribution in [2.24, 2.45) is 0 Å². The number of nitro groups is 2. The Balaban J connectivity index is 1.50. The van der Waals surface area contributed by atoms with Gasteiger partial charge in [0.15, 0.2) is 0 Å². The minimum Gasteiger partial charge on any atom is -0.378 e. The fraction of sp³-hybridized carbons (Fsp3) is 0.381. The molecule has 2 aromatic rings. The molecule has 0 unspecified atom stereocenters. The lowest BCUT2D eigenvalue weighted by atomic mass is 10.1. The summed E-state index contributed by atoms with van der Waals surface area (Å²) in [5.74, 6) is -0.320. The number of halogens is 1. The number of carbonyl (C=O) groups excluding carboxylic acids is 1. The Bertz CT molecular complexity index is 1080. The number of ether oxygens (including phenoxy) is 1. The fourth-order valence-electron chi connectivity index (χ4n) is 4.15. The van der Waals surface area contributed by atoms with Crippen LogP contribution in [-0.2, 0) is 4.74 Å². The molecule has 2 fully saturated rings. The number of piperazine rings is 1. The number of para-hydroxylation sites is 1. The van der Waals surface area contributed by atoms with Crippen LogP contribution in [0, 0.1) is 20.2 Å². The number of nitrogens with zero attached hydrogens (tertiary/aromatic N) is 5. The van der Waals surface area contributed by atoms with Crippen LogP contribution in [0.15, 0.2) is 36.4 Å². The minimum absolute atomic E-state index is 0.0865. The number of nitro benzene ring substituents is 2. The second-order valence-corrected chi connectivity index (χ2v) is 8.11. The van der Waals surface area contributed by atoms with E-state index in [-0.39, 0.29) is 27.9 Å². The molecule has 2 heterocycles. The molecule has 2 aliphatic heterocycles. The monoisotopic (exact) mass is 475 g/mol. The summed E-state index contributed by atoms with van der Waals surface area (Å²) in [5, 5.41) is 23.4. The number of anilines is 2. The quantitative estimate of drug-likeness (QED) is 0.477. The van der Waals surface area contributed by atoms with Crippen molar-refractivity contribution in [3.05, 3.63) is 67.2 Å². The van der Waals surface area contributed by atoms with Crippen LogP contribution in [0.4, 0.5) is 22.7 Å². The highest BCUT2D eigenvalue weighted by molar-refractivity contribution is 6.33. The van der Waals surface area contributed by atoms with Gasteiger partial charge in [-0.2, -0.15) is 0 Å². The van der Waals surface area contributed by atoms with Crippen LogP contribution in [0.5, 0.6) is 0 Å². The molecule has 0 aromatic heterocycles. The molecular formula is C21H22ClN5O6. The zero-order valence-electron chi connectivity index (χ0n) is 17.7. The Morgan fingerprint density at radius 1 is 0.879 bits per heavy atom. The van der Waals surface area contributed by atoms with Crippen molar-refractivity contribution in [3.63, 3.8) is 0 Å². The summed E-state index contributed by atoms with van der Waals surface area (Å²) in [6.07, 6.45) is 0. The number of hydrogen-bond acceptors (Lipinski definition) is 8. The maximum atomic E-state index is 13.1. The van der Waals surface area contributed by atoms with E-state index in [1.807, 2.05) is 4.90 Å². The minimum atomic E-state index is -0.478. The van der Waals surface area contributed by atoms with Crippen LogP contribution < -0.4 is 9.80 Å². The average Bonchev–Trinajstić information content (AvgIpc) is 2.83. The van der Waals surface area contributed by atoms with E-state index in [9.17, 15) is 25.0 Å². The van der Waals surface area contributed by atoms with Crippen molar-refractivity contribution in [3.8, 4) is 0 Å². The van der Waals surface area contributed by atoms with E-state index < -0.39 is 9.85 Å². The van der Waals surface area contributed by atoms with E-state index >= 15 is 0 Å². The van der Waals surface area contributed by atoms with Gasteiger partial charge in [-0.15, -0.1) is 0 Å². The van der Waals surface area contributed by atoms with Crippen molar-refractivity contribution in [2.45, 2.75) is 0 Å². The van der Waals surface area contributed by atoms with Crippen LogP contribution in [0.1, 0.15) is 10.4 Å². The summed E-state index contributed by atoms with van der Waals surface area (Å²) >= 11 is 6.23. The highest BCUT2D eigenvalue weighted by Crippen LogP contribution is 2.36. The first-order valence-corrected chi connectivity index (χ1v) is 10.8. The standard InChI is InChI=1S/C21H22ClN5O6/c22-16-2-1-3-18(26(29)30)20(16)24-6-8-25(9-7-24)21(28)15-4-5-17(19(14-15)27(31)32)23-10-12-33-13-11-23/h1-5,14H,6-13H2. The highest BCUT2D eigenvalue weighted by atomic mass is 35.5. The van der Waals surface area contributed by atoms with E-state index in [0.717, 1.165) is 0 Å². The van der Waals surface area contributed by atoms with E-state index in [2.05, 4.69) is 0 Å². The lowest BCUT2D eigenvalue weighted by molar-refractivity contribution is -0.384. The predicted octanol–water partition coefficient (Wildman–Crippen LogP) is 2.96. The zero-order valence-corrected chi connectivity index (χ0v) is 18.4. The van der Waals surface area contributed by atoms with Gasteiger partial charge in [0.05, 0.1) is 28.1 Å². The third-order valence-electron chi connectivity index (χ3n) is 5.82. The molecule has 2 aromatic carbocycles. The maximum absolute atomic E-state index is 13.1. The number of benzene rings is 2. The van der Waals surface area contributed by atoms with Crippen LogP contribution in [0.2, 0.25) is 5.02 Å². The molecule has 0 bridgehead atoms. The molecule has 0 radical (unpaired) electrons. The second kappa shape index (κ2) is 9.59.